The molecule has 0 spiro atoms. The molecule has 4 rings (SSSR count). The van der Waals surface area contributed by atoms with Crippen molar-refractivity contribution >= 4 is 38.9 Å². The highest BCUT2D eigenvalue weighted by molar-refractivity contribution is 7.92. The molecule has 1 amide bonds. The topological polar surface area (TPSA) is 84.9 Å². The number of anilines is 2. The zero-order valence-corrected chi connectivity index (χ0v) is 18.2. The van der Waals surface area contributed by atoms with Crippen molar-refractivity contribution < 1.29 is 27.1 Å². The Morgan fingerprint density at radius 2 is 1.69 bits per heavy atom. The highest BCUT2D eigenvalue weighted by Gasteiger charge is 2.29. The van der Waals surface area contributed by atoms with Crippen LogP contribution in [0, 0.1) is 5.82 Å². The van der Waals surface area contributed by atoms with Gasteiger partial charge in [0.15, 0.2) is 11.5 Å². The van der Waals surface area contributed by atoms with Crippen LogP contribution >= 0.6 is 11.6 Å². The van der Waals surface area contributed by atoms with Crippen LogP contribution in [0.2, 0.25) is 5.02 Å². The van der Waals surface area contributed by atoms with E-state index in [4.69, 9.17) is 21.1 Å². The quantitative estimate of drug-likeness (QED) is 0.579. The Morgan fingerprint density at radius 3 is 2.41 bits per heavy atom. The van der Waals surface area contributed by atoms with Crippen molar-refractivity contribution in [1.82, 2.24) is 0 Å². The number of para-hydroxylation sites is 1. The largest absolute Gasteiger partial charge is 0.486 e. The lowest BCUT2D eigenvalue weighted by Crippen LogP contribution is -2.38. The van der Waals surface area contributed by atoms with Gasteiger partial charge in [0.2, 0.25) is 5.91 Å². The van der Waals surface area contributed by atoms with Crippen LogP contribution < -0.4 is 19.1 Å². The molecule has 3 aromatic rings. The molecule has 0 radical (unpaired) electrons. The molecule has 10 heteroatoms. The lowest BCUT2D eigenvalue weighted by atomic mass is 10.3. The Morgan fingerprint density at radius 1 is 1.00 bits per heavy atom. The Kier molecular flexibility index (Phi) is 6.20. The van der Waals surface area contributed by atoms with E-state index < -0.39 is 28.3 Å². The SMILES string of the molecule is O=C(CN(c1ccc(F)cc1)S(=O)(=O)c1ccc2c(c1)OCCO2)Nc1ccccc1Cl. The van der Waals surface area contributed by atoms with Gasteiger partial charge in [-0.2, -0.15) is 0 Å². The first-order valence-corrected chi connectivity index (χ1v) is 11.4. The van der Waals surface area contributed by atoms with E-state index in [0.29, 0.717) is 29.7 Å². The second kappa shape index (κ2) is 9.05. The number of nitrogens with zero attached hydrogens (tertiary/aromatic N) is 1. The third-order valence-electron chi connectivity index (χ3n) is 4.65. The van der Waals surface area contributed by atoms with Crippen molar-refractivity contribution in [2.75, 3.05) is 29.4 Å². The van der Waals surface area contributed by atoms with Crippen molar-refractivity contribution in [1.29, 1.82) is 0 Å². The summed E-state index contributed by atoms with van der Waals surface area (Å²) < 4.78 is 52.3. The molecule has 0 aromatic heterocycles. The van der Waals surface area contributed by atoms with Gasteiger partial charge < -0.3 is 14.8 Å². The summed E-state index contributed by atoms with van der Waals surface area (Å²) >= 11 is 6.08. The first kappa shape index (κ1) is 21.9. The van der Waals surface area contributed by atoms with Gasteiger partial charge in [-0.3, -0.25) is 9.10 Å². The molecule has 7 nitrogen and oxygen atoms in total. The first-order chi connectivity index (χ1) is 15.3. The molecule has 1 aliphatic rings. The third kappa shape index (κ3) is 4.63. The molecule has 166 valence electrons. The monoisotopic (exact) mass is 476 g/mol. The number of sulfonamides is 1. The van der Waals surface area contributed by atoms with E-state index >= 15 is 0 Å². The number of ether oxygens (including phenoxy) is 2. The maximum atomic E-state index is 13.5. The van der Waals surface area contributed by atoms with Gasteiger partial charge in [-0.1, -0.05) is 23.7 Å². The minimum Gasteiger partial charge on any atom is -0.486 e. The van der Waals surface area contributed by atoms with Crippen molar-refractivity contribution in [3.63, 3.8) is 0 Å². The normalized spacial score (nSPS) is 12.8. The van der Waals surface area contributed by atoms with Gasteiger partial charge in [0.25, 0.3) is 10.0 Å². The van der Waals surface area contributed by atoms with Crippen molar-refractivity contribution in [2.24, 2.45) is 0 Å². The molecule has 32 heavy (non-hydrogen) atoms. The van der Waals surface area contributed by atoms with Gasteiger partial charge in [0, 0.05) is 6.07 Å². The molecule has 1 heterocycles. The Balaban J connectivity index is 1.68. The van der Waals surface area contributed by atoms with Crippen LogP contribution in [-0.4, -0.2) is 34.1 Å². The second-order valence-corrected chi connectivity index (χ2v) is 9.09. The van der Waals surface area contributed by atoms with E-state index in [2.05, 4.69) is 5.32 Å². The van der Waals surface area contributed by atoms with E-state index in [0.717, 1.165) is 16.4 Å². The molecule has 1 N–H and O–H groups in total. The Labute approximate surface area is 189 Å². The van der Waals surface area contributed by atoms with Crippen LogP contribution in [0.15, 0.2) is 71.6 Å². The first-order valence-electron chi connectivity index (χ1n) is 9.57. The van der Waals surface area contributed by atoms with Crippen LogP contribution in [0.4, 0.5) is 15.8 Å². The Hall–Kier alpha value is -3.30. The molecule has 0 saturated heterocycles. The molecule has 0 saturated carbocycles. The molecular formula is C22H18ClFN2O5S. The summed E-state index contributed by atoms with van der Waals surface area (Å²) in [5.41, 5.74) is 0.463. The lowest BCUT2D eigenvalue weighted by molar-refractivity contribution is -0.114. The second-order valence-electron chi connectivity index (χ2n) is 6.82. The average Bonchev–Trinajstić information content (AvgIpc) is 2.79. The molecule has 0 atom stereocenters. The Bertz CT molecular complexity index is 1250. The predicted octanol–water partition coefficient (Wildman–Crippen LogP) is 4.08. The smallest absolute Gasteiger partial charge is 0.264 e. The fraction of sp³-hybridized carbons (Fsp3) is 0.136. The van der Waals surface area contributed by atoms with E-state index in [-0.39, 0.29) is 16.3 Å². The minimum absolute atomic E-state index is 0.100. The van der Waals surface area contributed by atoms with Crippen LogP contribution in [0.25, 0.3) is 0 Å². The number of nitrogens with one attached hydrogen (secondary N) is 1. The van der Waals surface area contributed by atoms with Gasteiger partial charge in [-0.05, 0) is 48.5 Å². The zero-order valence-electron chi connectivity index (χ0n) is 16.6. The van der Waals surface area contributed by atoms with Crippen LogP contribution in [0.3, 0.4) is 0 Å². The molecule has 0 fully saturated rings. The van der Waals surface area contributed by atoms with Crippen LogP contribution in [0.5, 0.6) is 11.5 Å². The fourth-order valence-electron chi connectivity index (χ4n) is 3.12. The third-order valence-corrected chi connectivity index (χ3v) is 6.75. The number of rotatable bonds is 6. The zero-order chi connectivity index (χ0) is 22.7. The van der Waals surface area contributed by atoms with Crippen LogP contribution in [-0.2, 0) is 14.8 Å². The number of carbonyl (C=O) groups excluding carboxylic acids is 1. The number of fused-ring (bicyclic) bond motifs is 1. The fourth-order valence-corrected chi connectivity index (χ4v) is 4.74. The van der Waals surface area contributed by atoms with Gasteiger partial charge in [0.1, 0.15) is 25.6 Å². The maximum Gasteiger partial charge on any atom is 0.264 e. The average molecular weight is 477 g/mol. The van der Waals surface area contributed by atoms with E-state index in [1.54, 1.807) is 24.3 Å². The highest BCUT2D eigenvalue weighted by Crippen LogP contribution is 2.34. The summed E-state index contributed by atoms with van der Waals surface area (Å²) in [5.74, 6) is -0.439. The highest BCUT2D eigenvalue weighted by atomic mass is 35.5. The summed E-state index contributed by atoms with van der Waals surface area (Å²) in [6, 6.07) is 15.6. The lowest BCUT2D eigenvalue weighted by Gasteiger charge is -2.25. The van der Waals surface area contributed by atoms with Gasteiger partial charge in [-0.15, -0.1) is 0 Å². The number of carbonyl (C=O) groups is 1. The molecule has 3 aromatic carbocycles. The van der Waals surface area contributed by atoms with Gasteiger partial charge in [0.05, 0.1) is 21.3 Å². The number of benzene rings is 3. The molecule has 0 unspecified atom stereocenters. The molecule has 0 bridgehead atoms. The van der Waals surface area contributed by atoms with E-state index in [1.165, 1.54) is 30.3 Å². The van der Waals surface area contributed by atoms with Crippen molar-refractivity contribution in [2.45, 2.75) is 4.90 Å². The molecule has 1 aliphatic heterocycles. The summed E-state index contributed by atoms with van der Waals surface area (Å²) in [7, 11) is -4.22. The molecular weight excluding hydrogens is 459 g/mol. The predicted molar refractivity (Wildman–Crippen MR) is 118 cm³/mol. The van der Waals surface area contributed by atoms with E-state index in [9.17, 15) is 17.6 Å². The van der Waals surface area contributed by atoms with E-state index in [1.807, 2.05) is 0 Å². The summed E-state index contributed by atoms with van der Waals surface area (Å²) in [5, 5.41) is 2.91. The van der Waals surface area contributed by atoms with Gasteiger partial charge in [-0.25, -0.2) is 12.8 Å². The van der Waals surface area contributed by atoms with Crippen LogP contribution in [0.1, 0.15) is 0 Å². The summed E-state index contributed by atoms with van der Waals surface area (Å²) in [6.07, 6.45) is 0. The standard InChI is InChI=1S/C22H18ClFN2O5S/c23-18-3-1-2-4-19(18)25-22(27)14-26(16-7-5-15(24)6-8-16)32(28,29)17-9-10-20-21(13-17)31-12-11-30-20/h1-10,13H,11-12,14H2,(H,25,27). The minimum atomic E-state index is -4.22. The number of hydrogen-bond donors (Lipinski definition) is 1. The van der Waals surface area contributed by atoms with Crippen molar-refractivity contribution in [3.05, 3.63) is 77.6 Å². The van der Waals surface area contributed by atoms with Gasteiger partial charge >= 0.3 is 0 Å². The summed E-state index contributed by atoms with van der Waals surface area (Å²) in [4.78, 5) is 12.6. The summed E-state index contributed by atoms with van der Waals surface area (Å²) in [6.45, 7) is 0.0923. The van der Waals surface area contributed by atoms with Crippen molar-refractivity contribution in [3.8, 4) is 11.5 Å². The number of hydrogen-bond acceptors (Lipinski definition) is 5. The molecule has 0 aliphatic carbocycles. The number of halogens is 2. The number of amides is 1. The maximum absolute atomic E-state index is 13.5.